The van der Waals surface area contributed by atoms with E-state index in [9.17, 15) is 8.42 Å². The second-order valence-electron chi connectivity index (χ2n) is 6.02. The van der Waals surface area contributed by atoms with Crippen LogP contribution in [0.1, 0.15) is 31.4 Å². The average Bonchev–Trinajstić information content (AvgIpc) is 3.05. The van der Waals surface area contributed by atoms with E-state index in [1.807, 2.05) is 18.5 Å². The van der Waals surface area contributed by atoms with E-state index in [0.717, 1.165) is 18.4 Å². The number of aromatic nitrogens is 2. The minimum Gasteiger partial charge on any atom is -0.494 e. The predicted molar refractivity (Wildman–Crippen MR) is 94.5 cm³/mol. The van der Waals surface area contributed by atoms with E-state index in [-0.39, 0.29) is 10.9 Å². The fourth-order valence-electron chi connectivity index (χ4n) is 2.86. The van der Waals surface area contributed by atoms with Gasteiger partial charge in [-0.2, -0.15) is 5.10 Å². The highest BCUT2D eigenvalue weighted by atomic mass is 32.2. The normalized spacial score (nSPS) is 15.9. The van der Waals surface area contributed by atoms with Crippen LogP contribution < -0.4 is 9.46 Å². The molecule has 136 valence electrons. The number of aryl methyl sites for hydroxylation is 1. The highest BCUT2D eigenvalue weighted by Crippen LogP contribution is 2.25. The molecule has 0 atom stereocenters. The standard InChI is InChI=1S/C17H23N3O4S/c1-3-24-17-5-4-16(10-13(17)2)25(21,22)19-14-11-18-20(12-14)15-6-8-23-9-7-15/h4-5,10-12,15,19H,3,6-9H2,1-2H3. The molecule has 1 aliphatic rings. The van der Waals surface area contributed by atoms with Crippen molar-refractivity contribution in [2.45, 2.75) is 37.6 Å². The summed E-state index contributed by atoms with van der Waals surface area (Å²) in [5.74, 6) is 0.689. The van der Waals surface area contributed by atoms with Crippen LogP contribution in [0.5, 0.6) is 5.75 Å². The van der Waals surface area contributed by atoms with E-state index in [2.05, 4.69) is 9.82 Å². The SMILES string of the molecule is CCOc1ccc(S(=O)(=O)Nc2cnn(C3CCOCC3)c2)cc1C. The highest BCUT2D eigenvalue weighted by Gasteiger charge is 2.19. The quantitative estimate of drug-likeness (QED) is 0.851. The largest absolute Gasteiger partial charge is 0.494 e. The maximum Gasteiger partial charge on any atom is 0.262 e. The number of nitrogens with zero attached hydrogens (tertiary/aromatic N) is 2. The number of sulfonamides is 1. The Labute approximate surface area is 148 Å². The molecule has 1 fully saturated rings. The van der Waals surface area contributed by atoms with Crippen molar-refractivity contribution in [3.05, 3.63) is 36.2 Å². The maximum absolute atomic E-state index is 12.6. The number of rotatable bonds is 6. The van der Waals surface area contributed by atoms with Crippen LogP contribution in [0.4, 0.5) is 5.69 Å². The summed E-state index contributed by atoms with van der Waals surface area (Å²) in [6.07, 6.45) is 5.03. The lowest BCUT2D eigenvalue weighted by molar-refractivity contribution is 0.0662. The Morgan fingerprint density at radius 1 is 1.36 bits per heavy atom. The summed E-state index contributed by atoms with van der Waals surface area (Å²) in [4.78, 5) is 0.201. The van der Waals surface area contributed by atoms with Gasteiger partial charge in [0.1, 0.15) is 5.75 Å². The van der Waals surface area contributed by atoms with Crippen LogP contribution >= 0.6 is 0 Å². The number of nitrogens with one attached hydrogen (secondary N) is 1. The minimum atomic E-state index is -3.67. The molecule has 2 heterocycles. The van der Waals surface area contributed by atoms with Gasteiger partial charge in [0.05, 0.1) is 29.4 Å². The number of ether oxygens (including phenoxy) is 2. The Balaban J connectivity index is 1.75. The van der Waals surface area contributed by atoms with E-state index in [0.29, 0.717) is 31.3 Å². The number of hydrogen-bond donors (Lipinski definition) is 1. The van der Waals surface area contributed by atoms with Gasteiger partial charge in [-0.3, -0.25) is 9.40 Å². The van der Waals surface area contributed by atoms with E-state index in [1.54, 1.807) is 24.4 Å². The van der Waals surface area contributed by atoms with Gasteiger partial charge in [0, 0.05) is 19.4 Å². The topological polar surface area (TPSA) is 82.5 Å². The Bertz CT molecular complexity index is 826. The van der Waals surface area contributed by atoms with Crippen molar-refractivity contribution in [1.29, 1.82) is 0 Å². The van der Waals surface area contributed by atoms with Crippen molar-refractivity contribution >= 4 is 15.7 Å². The molecule has 1 aliphatic heterocycles. The van der Waals surface area contributed by atoms with E-state index in [1.165, 1.54) is 6.20 Å². The van der Waals surface area contributed by atoms with E-state index >= 15 is 0 Å². The molecule has 0 bridgehead atoms. The fraction of sp³-hybridized carbons (Fsp3) is 0.471. The first-order valence-corrected chi connectivity index (χ1v) is 9.86. The lowest BCUT2D eigenvalue weighted by Crippen LogP contribution is -2.19. The van der Waals surface area contributed by atoms with Crippen molar-refractivity contribution < 1.29 is 17.9 Å². The molecule has 1 N–H and O–H groups in total. The van der Waals surface area contributed by atoms with Gasteiger partial charge in [-0.1, -0.05) is 0 Å². The summed E-state index contributed by atoms with van der Waals surface area (Å²) < 4.78 is 40.4. The molecule has 0 spiro atoms. The lowest BCUT2D eigenvalue weighted by Gasteiger charge is -2.22. The second kappa shape index (κ2) is 7.45. The van der Waals surface area contributed by atoms with Gasteiger partial charge in [-0.25, -0.2) is 8.42 Å². The van der Waals surface area contributed by atoms with Crippen LogP contribution in [-0.2, 0) is 14.8 Å². The molecular formula is C17H23N3O4S. The Hall–Kier alpha value is -2.06. The molecule has 0 unspecified atom stereocenters. The van der Waals surface area contributed by atoms with Crippen LogP contribution in [0.2, 0.25) is 0 Å². The van der Waals surface area contributed by atoms with Crippen LogP contribution in [0, 0.1) is 6.92 Å². The Kier molecular flexibility index (Phi) is 5.29. The highest BCUT2D eigenvalue weighted by molar-refractivity contribution is 7.92. The molecule has 7 nitrogen and oxygen atoms in total. The van der Waals surface area contributed by atoms with Gasteiger partial charge in [0.15, 0.2) is 0 Å². The molecule has 25 heavy (non-hydrogen) atoms. The summed E-state index contributed by atoms with van der Waals surface area (Å²) in [7, 11) is -3.67. The average molecular weight is 365 g/mol. The minimum absolute atomic E-state index is 0.201. The Morgan fingerprint density at radius 2 is 2.12 bits per heavy atom. The third kappa shape index (κ3) is 4.13. The summed E-state index contributed by atoms with van der Waals surface area (Å²) in [5.41, 5.74) is 1.24. The Morgan fingerprint density at radius 3 is 2.80 bits per heavy atom. The van der Waals surface area contributed by atoms with Crippen LogP contribution in [0.25, 0.3) is 0 Å². The molecule has 0 aliphatic carbocycles. The molecule has 8 heteroatoms. The summed E-state index contributed by atoms with van der Waals surface area (Å²) in [6, 6.07) is 5.08. The van der Waals surface area contributed by atoms with Crippen LogP contribution in [-0.4, -0.2) is 38.0 Å². The molecule has 0 saturated carbocycles. The molecule has 2 aromatic rings. The molecule has 0 radical (unpaired) electrons. The van der Waals surface area contributed by atoms with Gasteiger partial charge < -0.3 is 9.47 Å². The molecule has 1 aromatic carbocycles. The monoisotopic (exact) mass is 365 g/mol. The zero-order valence-corrected chi connectivity index (χ0v) is 15.3. The molecular weight excluding hydrogens is 342 g/mol. The fourth-order valence-corrected chi connectivity index (χ4v) is 3.97. The van der Waals surface area contributed by atoms with Crippen molar-refractivity contribution in [1.82, 2.24) is 9.78 Å². The lowest BCUT2D eigenvalue weighted by atomic mass is 10.1. The second-order valence-corrected chi connectivity index (χ2v) is 7.70. The predicted octanol–water partition coefficient (Wildman–Crippen LogP) is 2.74. The van der Waals surface area contributed by atoms with E-state index < -0.39 is 10.0 Å². The number of anilines is 1. The summed E-state index contributed by atoms with van der Waals surface area (Å²) >= 11 is 0. The smallest absolute Gasteiger partial charge is 0.262 e. The van der Waals surface area contributed by atoms with Crippen molar-refractivity contribution in [3.63, 3.8) is 0 Å². The summed E-state index contributed by atoms with van der Waals surface area (Å²) in [6.45, 7) is 5.67. The van der Waals surface area contributed by atoms with Gasteiger partial charge in [0.25, 0.3) is 10.0 Å². The number of benzene rings is 1. The zero-order chi connectivity index (χ0) is 17.9. The van der Waals surface area contributed by atoms with Crippen molar-refractivity contribution in [3.8, 4) is 5.75 Å². The number of hydrogen-bond acceptors (Lipinski definition) is 5. The van der Waals surface area contributed by atoms with Gasteiger partial charge in [0.2, 0.25) is 0 Å². The third-order valence-electron chi connectivity index (χ3n) is 4.18. The van der Waals surface area contributed by atoms with Crippen LogP contribution in [0.3, 0.4) is 0 Å². The van der Waals surface area contributed by atoms with Crippen molar-refractivity contribution in [2.24, 2.45) is 0 Å². The maximum atomic E-state index is 12.6. The van der Waals surface area contributed by atoms with Gasteiger partial charge in [-0.15, -0.1) is 0 Å². The molecule has 1 saturated heterocycles. The van der Waals surface area contributed by atoms with Crippen molar-refractivity contribution in [2.75, 3.05) is 24.5 Å². The first kappa shape index (κ1) is 17.8. The van der Waals surface area contributed by atoms with Gasteiger partial charge >= 0.3 is 0 Å². The summed E-state index contributed by atoms with van der Waals surface area (Å²) in [5, 5.41) is 4.29. The van der Waals surface area contributed by atoms with Crippen LogP contribution in [0.15, 0.2) is 35.5 Å². The molecule has 0 amide bonds. The van der Waals surface area contributed by atoms with Gasteiger partial charge in [-0.05, 0) is 50.5 Å². The van der Waals surface area contributed by atoms with E-state index in [4.69, 9.17) is 9.47 Å². The first-order chi connectivity index (χ1) is 12.0. The first-order valence-electron chi connectivity index (χ1n) is 8.38. The molecule has 3 rings (SSSR count). The third-order valence-corrected chi connectivity index (χ3v) is 5.55. The molecule has 1 aromatic heterocycles. The zero-order valence-electron chi connectivity index (χ0n) is 14.4.